The van der Waals surface area contributed by atoms with E-state index < -0.39 is 6.10 Å². The first-order valence-electron chi connectivity index (χ1n) is 4.40. The SMILES string of the molecule is CCCCC([O-])C(=O)CCC.[B].[K+]. The van der Waals surface area contributed by atoms with Crippen LogP contribution in [-0.2, 0) is 4.79 Å². The van der Waals surface area contributed by atoms with E-state index in [0.717, 1.165) is 19.3 Å². The Morgan fingerprint density at radius 2 is 1.85 bits per heavy atom. The number of hydrogen-bond acceptors (Lipinski definition) is 2. The summed E-state index contributed by atoms with van der Waals surface area (Å²) in [4.78, 5) is 10.9. The first-order chi connectivity index (χ1) is 5.22. The average Bonchev–Trinajstić information content (AvgIpc) is 2.00. The Morgan fingerprint density at radius 1 is 1.31 bits per heavy atom. The van der Waals surface area contributed by atoms with Crippen molar-refractivity contribution in [2.24, 2.45) is 0 Å². The molecule has 0 N–H and O–H groups in total. The van der Waals surface area contributed by atoms with Crippen LogP contribution >= 0.6 is 0 Å². The van der Waals surface area contributed by atoms with Crippen LogP contribution < -0.4 is 56.5 Å². The van der Waals surface area contributed by atoms with Gasteiger partial charge in [-0.25, -0.2) is 0 Å². The predicted molar refractivity (Wildman–Crippen MR) is 49.0 cm³/mol. The van der Waals surface area contributed by atoms with Crippen molar-refractivity contribution in [2.45, 2.75) is 52.1 Å². The third kappa shape index (κ3) is 11.3. The molecule has 2 nitrogen and oxygen atoms in total. The standard InChI is InChI=1S/C9H17O2.B.K/c1-3-5-7-9(11)8(10)6-4-2;;/h9H,3-7H2,1-2H3;;/q-1;;+1. The van der Waals surface area contributed by atoms with Gasteiger partial charge in [0.05, 0.1) is 0 Å². The molecule has 0 aromatic carbocycles. The number of rotatable bonds is 6. The Morgan fingerprint density at radius 3 is 2.23 bits per heavy atom. The van der Waals surface area contributed by atoms with Gasteiger partial charge in [0.2, 0.25) is 0 Å². The Bertz CT molecular complexity index is 120. The van der Waals surface area contributed by atoms with E-state index >= 15 is 0 Å². The van der Waals surface area contributed by atoms with E-state index in [-0.39, 0.29) is 65.6 Å². The maximum Gasteiger partial charge on any atom is 1.00 e. The molecule has 1 unspecified atom stereocenters. The van der Waals surface area contributed by atoms with E-state index in [4.69, 9.17) is 0 Å². The third-order valence-corrected chi connectivity index (χ3v) is 1.68. The van der Waals surface area contributed by atoms with Crippen molar-refractivity contribution in [2.75, 3.05) is 0 Å². The fourth-order valence-corrected chi connectivity index (χ4v) is 0.958. The number of Topliss-reactive ketones (excluding diaryl/α,β-unsaturated/α-hetero) is 1. The molecule has 0 bridgehead atoms. The Labute approximate surface area is 126 Å². The van der Waals surface area contributed by atoms with E-state index in [0.29, 0.717) is 12.8 Å². The van der Waals surface area contributed by atoms with Gasteiger partial charge < -0.3 is 9.90 Å². The minimum Gasteiger partial charge on any atom is -0.846 e. The minimum absolute atomic E-state index is 0. The first-order valence-corrected chi connectivity index (χ1v) is 4.40. The van der Waals surface area contributed by atoms with E-state index in [1.54, 1.807) is 0 Å². The van der Waals surface area contributed by atoms with Gasteiger partial charge in [0.25, 0.3) is 0 Å². The van der Waals surface area contributed by atoms with Gasteiger partial charge in [-0.2, -0.15) is 0 Å². The molecule has 3 radical (unpaired) electrons. The molecule has 0 amide bonds. The zero-order valence-electron chi connectivity index (χ0n) is 9.01. The molecule has 0 aliphatic heterocycles. The van der Waals surface area contributed by atoms with Crippen LogP contribution in [0.4, 0.5) is 0 Å². The van der Waals surface area contributed by atoms with Crippen molar-refractivity contribution in [3.63, 3.8) is 0 Å². The number of carbonyl (C=O) groups excluding carboxylic acids is 1. The molecule has 0 aromatic heterocycles. The molecule has 0 spiro atoms. The minimum atomic E-state index is -0.949. The summed E-state index contributed by atoms with van der Waals surface area (Å²) in [5, 5.41) is 11.0. The van der Waals surface area contributed by atoms with Gasteiger partial charge in [-0.1, -0.05) is 39.2 Å². The van der Waals surface area contributed by atoms with Crippen molar-refractivity contribution in [3.8, 4) is 0 Å². The average molecular weight is 207 g/mol. The van der Waals surface area contributed by atoms with Gasteiger partial charge >= 0.3 is 51.4 Å². The van der Waals surface area contributed by atoms with Crippen molar-refractivity contribution in [3.05, 3.63) is 0 Å². The van der Waals surface area contributed by atoms with Crippen LogP contribution in [-0.4, -0.2) is 20.3 Å². The monoisotopic (exact) mass is 207 g/mol. The zero-order valence-corrected chi connectivity index (χ0v) is 12.1. The van der Waals surface area contributed by atoms with Crippen LogP contribution in [0.2, 0.25) is 0 Å². The van der Waals surface area contributed by atoms with Crippen LogP contribution in [0.1, 0.15) is 46.0 Å². The molecule has 0 fully saturated rings. The van der Waals surface area contributed by atoms with Crippen LogP contribution in [0.25, 0.3) is 0 Å². The summed E-state index contributed by atoms with van der Waals surface area (Å²) in [6, 6.07) is 0. The molecule has 0 saturated carbocycles. The van der Waals surface area contributed by atoms with E-state index in [1.165, 1.54) is 0 Å². The van der Waals surface area contributed by atoms with Crippen LogP contribution in [0.5, 0.6) is 0 Å². The zero-order chi connectivity index (χ0) is 8.69. The molecular weight excluding hydrogens is 190 g/mol. The largest absolute Gasteiger partial charge is 1.00 e. The summed E-state index contributed by atoms with van der Waals surface area (Å²) >= 11 is 0. The summed E-state index contributed by atoms with van der Waals surface area (Å²) in [7, 11) is 0. The molecule has 0 heterocycles. The van der Waals surface area contributed by atoms with Gasteiger partial charge in [0.15, 0.2) is 0 Å². The third-order valence-electron chi connectivity index (χ3n) is 1.68. The first kappa shape index (κ1) is 19.8. The summed E-state index contributed by atoms with van der Waals surface area (Å²) in [5.41, 5.74) is 0. The quantitative estimate of drug-likeness (QED) is 0.468. The number of unbranched alkanes of at least 4 members (excludes halogenated alkanes) is 1. The summed E-state index contributed by atoms with van der Waals surface area (Å²) in [6.07, 6.45) is 2.70. The van der Waals surface area contributed by atoms with Gasteiger partial charge in [-0.3, -0.25) is 0 Å². The number of ketones is 1. The van der Waals surface area contributed by atoms with Crippen molar-refractivity contribution >= 4 is 14.2 Å². The second kappa shape index (κ2) is 13.3. The maximum atomic E-state index is 11.0. The van der Waals surface area contributed by atoms with Crippen molar-refractivity contribution < 1.29 is 61.3 Å². The van der Waals surface area contributed by atoms with Gasteiger partial charge in [-0.05, 0) is 6.42 Å². The normalized spacial score (nSPS) is 11.0. The van der Waals surface area contributed by atoms with E-state index in [2.05, 4.69) is 0 Å². The Hall–Kier alpha value is 1.33. The Balaban J connectivity index is -0.000000500. The molecule has 13 heavy (non-hydrogen) atoms. The van der Waals surface area contributed by atoms with Gasteiger partial charge in [0.1, 0.15) is 5.78 Å². The maximum absolute atomic E-state index is 11.0. The molecule has 0 aliphatic carbocycles. The van der Waals surface area contributed by atoms with Crippen molar-refractivity contribution in [1.29, 1.82) is 0 Å². The Kier molecular flexibility index (Phi) is 20.3. The molecular formula is C9H17BKO2. The topological polar surface area (TPSA) is 40.1 Å². The molecule has 0 rings (SSSR count). The van der Waals surface area contributed by atoms with Crippen LogP contribution in [0.15, 0.2) is 0 Å². The molecule has 1 atom stereocenters. The second-order valence-corrected chi connectivity index (χ2v) is 2.85. The van der Waals surface area contributed by atoms with E-state index in [9.17, 15) is 9.90 Å². The molecule has 4 heteroatoms. The molecule has 0 aliphatic rings. The van der Waals surface area contributed by atoms with Crippen molar-refractivity contribution in [1.82, 2.24) is 0 Å². The fourth-order valence-electron chi connectivity index (χ4n) is 0.958. The summed E-state index contributed by atoms with van der Waals surface area (Å²) in [5.74, 6) is -0.110. The van der Waals surface area contributed by atoms with E-state index in [1.807, 2.05) is 13.8 Å². The second-order valence-electron chi connectivity index (χ2n) is 2.85. The molecule has 0 aromatic rings. The predicted octanol–water partition coefficient (Wildman–Crippen LogP) is -2.10. The molecule has 69 valence electrons. The van der Waals surface area contributed by atoms with Gasteiger partial charge in [-0.15, -0.1) is 0 Å². The fraction of sp³-hybridized carbons (Fsp3) is 0.889. The molecule has 0 saturated heterocycles. The summed E-state index contributed by atoms with van der Waals surface area (Å²) < 4.78 is 0. The van der Waals surface area contributed by atoms with Gasteiger partial charge in [0, 0.05) is 14.8 Å². The van der Waals surface area contributed by atoms with Crippen LogP contribution in [0, 0.1) is 0 Å². The number of hydrogen-bond donors (Lipinski definition) is 0. The number of carbonyl (C=O) groups is 1. The summed E-state index contributed by atoms with van der Waals surface area (Å²) in [6.45, 7) is 3.95. The van der Waals surface area contributed by atoms with Crippen LogP contribution in [0.3, 0.4) is 0 Å². The smallest absolute Gasteiger partial charge is 0.846 e.